The Hall–Kier alpha value is -2.58. The molecule has 0 aliphatic carbocycles. The third-order valence-electron chi connectivity index (χ3n) is 5.38. The Labute approximate surface area is 187 Å². The van der Waals surface area contributed by atoms with E-state index in [0.29, 0.717) is 18.9 Å². The third kappa shape index (κ3) is 5.57. The first-order valence-electron chi connectivity index (χ1n) is 10.4. The number of amides is 2. The number of nitrogens with zero attached hydrogens (tertiary/aromatic N) is 2. The lowest BCUT2D eigenvalue weighted by molar-refractivity contribution is -0.146. The molecule has 168 valence electrons. The zero-order valence-electron chi connectivity index (χ0n) is 18.5. The van der Waals surface area contributed by atoms with E-state index in [4.69, 9.17) is 14.2 Å². The van der Waals surface area contributed by atoms with Crippen LogP contribution in [0, 0.1) is 0 Å². The second kappa shape index (κ2) is 10.6. The van der Waals surface area contributed by atoms with Crippen LogP contribution in [0.4, 0.5) is 0 Å². The van der Waals surface area contributed by atoms with Crippen molar-refractivity contribution in [1.29, 1.82) is 0 Å². The Morgan fingerprint density at radius 3 is 2.71 bits per heavy atom. The number of hydrogen-bond acceptors (Lipinski definition) is 6. The van der Waals surface area contributed by atoms with E-state index in [1.807, 2.05) is 43.0 Å². The molecule has 0 unspecified atom stereocenters. The van der Waals surface area contributed by atoms with Crippen LogP contribution < -0.4 is 9.47 Å². The van der Waals surface area contributed by atoms with Gasteiger partial charge in [-0.1, -0.05) is 6.07 Å². The van der Waals surface area contributed by atoms with Crippen LogP contribution in [0.15, 0.2) is 35.7 Å². The van der Waals surface area contributed by atoms with Crippen LogP contribution in [0.2, 0.25) is 0 Å². The van der Waals surface area contributed by atoms with Gasteiger partial charge in [-0.2, -0.15) is 0 Å². The maximum Gasteiger partial charge on any atom is 0.249 e. The van der Waals surface area contributed by atoms with Crippen LogP contribution in [0.1, 0.15) is 30.3 Å². The Balaban J connectivity index is 1.77. The molecule has 3 rings (SSSR count). The first-order valence-corrected chi connectivity index (χ1v) is 11.2. The van der Waals surface area contributed by atoms with E-state index in [2.05, 4.69) is 11.4 Å². The van der Waals surface area contributed by atoms with E-state index in [-0.39, 0.29) is 37.0 Å². The van der Waals surface area contributed by atoms with E-state index >= 15 is 0 Å². The minimum Gasteiger partial charge on any atom is -0.497 e. The van der Waals surface area contributed by atoms with E-state index < -0.39 is 0 Å². The smallest absolute Gasteiger partial charge is 0.249 e. The number of carbonyl (C=O) groups excluding carboxylic acids is 2. The van der Waals surface area contributed by atoms with Crippen LogP contribution >= 0.6 is 11.3 Å². The summed E-state index contributed by atoms with van der Waals surface area (Å²) in [5.74, 6) is 1.13. The fourth-order valence-corrected chi connectivity index (χ4v) is 4.67. The lowest BCUT2D eigenvalue weighted by Crippen LogP contribution is -2.50. The topological polar surface area (TPSA) is 68.3 Å². The molecule has 2 aromatic rings. The molecule has 1 atom stereocenters. The largest absolute Gasteiger partial charge is 0.497 e. The predicted octanol–water partition coefficient (Wildman–Crippen LogP) is 3.14. The molecule has 1 aliphatic rings. The number of methoxy groups -OCH3 is 2. The second-order valence-corrected chi connectivity index (χ2v) is 8.69. The van der Waals surface area contributed by atoms with Crippen LogP contribution in [0.3, 0.4) is 0 Å². The summed E-state index contributed by atoms with van der Waals surface area (Å²) >= 11 is 1.71. The number of benzene rings is 1. The maximum absolute atomic E-state index is 13.3. The van der Waals surface area contributed by atoms with Crippen molar-refractivity contribution in [3.63, 3.8) is 0 Å². The molecule has 31 heavy (non-hydrogen) atoms. The molecule has 2 amide bonds. The average Bonchev–Trinajstić information content (AvgIpc) is 3.24. The van der Waals surface area contributed by atoms with Gasteiger partial charge in [0.1, 0.15) is 31.3 Å². The maximum atomic E-state index is 13.3. The fourth-order valence-electron chi connectivity index (χ4n) is 3.74. The summed E-state index contributed by atoms with van der Waals surface area (Å²) in [5, 5.41) is 2.06. The molecule has 8 heteroatoms. The lowest BCUT2D eigenvalue weighted by atomic mass is 10.0. The van der Waals surface area contributed by atoms with Crippen LogP contribution in [0.25, 0.3) is 0 Å². The summed E-state index contributed by atoms with van der Waals surface area (Å²) < 4.78 is 16.3. The van der Waals surface area contributed by atoms with Crippen LogP contribution in [-0.4, -0.2) is 68.2 Å². The van der Waals surface area contributed by atoms with Gasteiger partial charge in [-0.25, -0.2) is 0 Å². The van der Waals surface area contributed by atoms with Gasteiger partial charge >= 0.3 is 0 Å². The number of rotatable bonds is 9. The minimum atomic E-state index is -0.208. The second-order valence-electron chi connectivity index (χ2n) is 7.69. The fraction of sp³-hybridized carbons (Fsp3) is 0.478. The lowest BCUT2D eigenvalue weighted by Gasteiger charge is -2.37. The molecule has 1 aliphatic heterocycles. The van der Waals surface area contributed by atoms with Gasteiger partial charge in [-0.05, 0) is 49.4 Å². The van der Waals surface area contributed by atoms with Crippen LogP contribution in [-0.2, 0) is 20.7 Å². The first-order chi connectivity index (χ1) is 14.9. The number of thiophene rings is 1. The molecular weight excluding hydrogens is 416 g/mol. The highest BCUT2D eigenvalue weighted by Crippen LogP contribution is 2.34. The molecule has 0 spiro atoms. The third-order valence-corrected chi connectivity index (χ3v) is 6.38. The van der Waals surface area contributed by atoms with Gasteiger partial charge in [0.2, 0.25) is 11.8 Å². The molecule has 0 saturated heterocycles. The van der Waals surface area contributed by atoms with Crippen molar-refractivity contribution < 1.29 is 23.8 Å². The summed E-state index contributed by atoms with van der Waals surface area (Å²) in [6, 6.07) is 9.19. The summed E-state index contributed by atoms with van der Waals surface area (Å²) in [7, 11) is 3.09. The highest BCUT2D eigenvalue weighted by molar-refractivity contribution is 7.10. The predicted molar refractivity (Wildman–Crippen MR) is 120 cm³/mol. The monoisotopic (exact) mass is 446 g/mol. The van der Waals surface area contributed by atoms with Crippen molar-refractivity contribution in [1.82, 2.24) is 9.80 Å². The molecule has 0 radical (unpaired) electrons. The molecule has 7 nitrogen and oxygen atoms in total. The molecule has 0 bridgehead atoms. The Morgan fingerprint density at radius 1 is 1.23 bits per heavy atom. The Kier molecular flexibility index (Phi) is 7.92. The highest BCUT2D eigenvalue weighted by atomic mass is 32.1. The van der Waals surface area contributed by atoms with Crippen molar-refractivity contribution in [2.45, 2.75) is 32.4 Å². The Bertz CT molecular complexity index is 898. The zero-order chi connectivity index (χ0) is 22.4. The van der Waals surface area contributed by atoms with Crippen molar-refractivity contribution in [2.24, 2.45) is 0 Å². The van der Waals surface area contributed by atoms with Gasteiger partial charge in [-0.3, -0.25) is 9.59 Å². The van der Waals surface area contributed by atoms with Gasteiger partial charge in [0.25, 0.3) is 0 Å². The van der Waals surface area contributed by atoms with Crippen molar-refractivity contribution in [3.05, 3.63) is 46.2 Å². The van der Waals surface area contributed by atoms with Crippen molar-refractivity contribution >= 4 is 23.2 Å². The summed E-state index contributed by atoms with van der Waals surface area (Å²) in [4.78, 5) is 30.4. The van der Waals surface area contributed by atoms with Gasteiger partial charge in [0, 0.05) is 30.6 Å². The van der Waals surface area contributed by atoms with Gasteiger partial charge in [0.15, 0.2) is 0 Å². The van der Waals surface area contributed by atoms with Crippen molar-refractivity contribution in [2.75, 3.05) is 40.5 Å². The van der Waals surface area contributed by atoms with Gasteiger partial charge in [-0.15, -0.1) is 11.3 Å². The minimum absolute atomic E-state index is 0.0228. The molecule has 2 heterocycles. The molecule has 0 N–H and O–H groups in total. The van der Waals surface area contributed by atoms with E-state index in [0.717, 1.165) is 17.7 Å². The average molecular weight is 447 g/mol. The summed E-state index contributed by atoms with van der Waals surface area (Å²) in [5.41, 5.74) is 1.12. The van der Waals surface area contributed by atoms with E-state index in [1.54, 1.807) is 23.3 Å². The van der Waals surface area contributed by atoms with E-state index in [1.165, 1.54) is 12.0 Å². The quantitative estimate of drug-likeness (QED) is 0.592. The number of carbonyl (C=O) groups is 2. The summed E-state index contributed by atoms with van der Waals surface area (Å²) in [6.45, 7) is 4.71. The summed E-state index contributed by atoms with van der Waals surface area (Å²) in [6.07, 6.45) is 0.808. The normalized spacial score (nSPS) is 15.5. The standard InChI is InChI=1S/C23H30N2O5S/c1-16(2)25(23(27)15-28-3)13-22(26)24-10-8-21-19(9-11-31-21)20(24)14-30-18-7-5-6-17(12-18)29-4/h5-7,9,11-12,16,20H,8,10,13-15H2,1-4H3/t20-/m0/s1. The van der Waals surface area contributed by atoms with E-state index in [9.17, 15) is 9.59 Å². The zero-order valence-corrected chi connectivity index (χ0v) is 19.3. The van der Waals surface area contributed by atoms with Crippen molar-refractivity contribution in [3.8, 4) is 11.5 Å². The molecule has 0 fully saturated rings. The number of hydrogen-bond donors (Lipinski definition) is 0. The van der Waals surface area contributed by atoms with Crippen LogP contribution in [0.5, 0.6) is 11.5 Å². The first kappa shape index (κ1) is 23.1. The number of fused-ring (bicyclic) bond motifs is 1. The molecular formula is C23H30N2O5S. The molecule has 1 aromatic heterocycles. The number of ether oxygens (including phenoxy) is 3. The molecule has 1 aromatic carbocycles. The van der Waals surface area contributed by atoms with Gasteiger partial charge in [0.05, 0.1) is 13.2 Å². The Morgan fingerprint density at radius 2 is 2.00 bits per heavy atom. The van der Waals surface area contributed by atoms with Gasteiger partial charge < -0.3 is 24.0 Å². The molecule has 0 saturated carbocycles. The SMILES string of the molecule is COCC(=O)N(CC(=O)N1CCc2sccc2[C@@H]1COc1cccc(OC)c1)C(C)C. The highest BCUT2D eigenvalue weighted by Gasteiger charge is 2.34.